The molecule has 1 saturated heterocycles. The van der Waals surface area contributed by atoms with Gasteiger partial charge in [0.1, 0.15) is 5.82 Å². The van der Waals surface area contributed by atoms with Gasteiger partial charge in [-0.25, -0.2) is 4.98 Å². The fraction of sp³-hybridized carbons (Fsp3) is 0.522. The number of nitrogens with zero attached hydrogens (tertiary/aromatic N) is 4. The summed E-state index contributed by atoms with van der Waals surface area (Å²) in [4.78, 5) is 9.44. The fourth-order valence-electron chi connectivity index (χ4n) is 5.57. The summed E-state index contributed by atoms with van der Waals surface area (Å²) in [7, 11) is 2.06. The second-order valence-electron chi connectivity index (χ2n) is 8.62. The number of hydrogen-bond acceptors (Lipinski definition) is 4. The van der Waals surface area contributed by atoms with Crippen molar-refractivity contribution in [3.63, 3.8) is 0 Å². The molecule has 0 unspecified atom stereocenters. The van der Waals surface area contributed by atoms with Crippen molar-refractivity contribution in [1.82, 2.24) is 19.4 Å². The summed E-state index contributed by atoms with van der Waals surface area (Å²) in [5.74, 6) is 1.11. The van der Waals surface area contributed by atoms with Gasteiger partial charge in [0.15, 0.2) is 0 Å². The molecule has 3 heterocycles. The van der Waals surface area contributed by atoms with Gasteiger partial charge in [0.25, 0.3) is 0 Å². The maximum Gasteiger partial charge on any atom is 0.122 e. The van der Waals surface area contributed by atoms with Crippen LogP contribution < -0.4 is 0 Å². The number of rotatable bonds is 3. The van der Waals surface area contributed by atoms with Crippen molar-refractivity contribution < 1.29 is 5.11 Å². The molecule has 2 aromatic rings. The van der Waals surface area contributed by atoms with Crippen LogP contribution in [0.2, 0.25) is 0 Å². The molecule has 148 valence electrons. The molecule has 2 aliphatic heterocycles. The molecule has 1 aromatic carbocycles. The number of benzene rings is 1. The third-order valence-corrected chi connectivity index (χ3v) is 7.20. The summed E-state index contributed by atoms with van der Waals surface area (Å²) in [6, 6.07) is 8.92. The number of piperidine rings is 1. The van der Waals surface area contributed by atoms with E-state index in [1.807, 2.05) is 12.4 Å². The lowest BCUT2D eigenvalue weighted by Gasteiger charge is -2.44. The molecule has 1 aliphatic carbocycles. The van der Waals surface area contributed by atoms with Gasteiger partial charge in [-0.15, -0.1) is 0 Å². The predicted octanol–water partition coefficient (Wildman–Crippen LogP) is 2.63. The molecule has 0 radical (unpaired) electrons. The Morgan fingerprint density at radius 2 is 1.96 bits per heavy atom. The minimum atomic E-state index is -0.327. The molecule has 28 heavy (non-hydrogen) atoms. The monoisotopic (exact) mass is 378 g/mol. The summed E-state index contributed by atoms with van der Waals surface area (Å²) < 4.78 is 2.10. The number of fused-ring (bicyclic) bond motifs is 2. The number of likely N-dealkylation sites (tertiary alicyclic amines) is 1. The van der Waals surface area contributed by atoms with E-state index in [2.05, 4.69) is 62.8 Å². The molecular formula is C23H30N4O. The first-order valence-electron chi connectivity index (χ1n) is 10.5. The van der Waals surface area contributed by atoms with Gasteiger partial charge < -0.3 is 9.67 Å². The standard InChI is InChI=1S/C23H30N4O/c1-25-16-11-24-20(25)17-26-14-9-23(10-15-26)19-8-4-3-7-18(19)21(22(23)28)27-12-5-2-6-13-27/h2-5,7-8,11,16,21-22,28H,6,9-10,12-15,17H2,1H3/t21-,22+/m1/s1. The molecule has 1 fully saturated rings. The van der Waals surface area contributed by atoms with Gasteiger partial charge in [0.05, 0.1) is 18.7 Å². The van der Waals surface area contributed by atoms with Crippen molar-refractivity contribution in [2.24, 2.45) is 7.05 Å². The molecule has 0 bridgehead atoms. The molecule has 2 atom stereocenters. The highest BCUT2D eigenvalue weighted by atomic mass is 16.3. The van der Waals surface area contributed by atoms with E-state index >= 15 is 0 Å². The van der Waals surface area contributed by atoms with E-state index in [1.54, 1.807) is 0 Å². The van der Waals surface area contributed by atoms with Crippen LogP contribution in [0.3, 0.4) is 0 Å². The van der Waals surface area contributed by atoms with Crippen LogP contribution in [0, 0.1) is 0 Å². The minimum Gasteiger partial charge on any atom is -0.390 e. The Kier molecular flexibility index (Phi) is 4.62. The minimum absolute atomic E-state index is 0.111. The average Bonchev–Trinajstić information content (AvgIpc) is 3.24. The largest absolute Gasteiger partial charge is 0.390 e. The lowest BCUT2D eigenvalue weighted by atomic mass is 9.72. The number of aliphatic hydroxyl groups excluding tert-OH is 1. The van der Waals surface area contributed by atoms with Crippen molar-refractivity contribution in [1.29, 1.82) is 0 Å². The maximum absolute atomic E-state index is 11.6. The van der Waals surface area contributed by atoms with Gasteiger partial charge in [-0.3, -0.25) is 9.80 Å². The summed E-state index contributed by atoms with van der Waals surface area (Å²) in [5.41, 5.74) is 2.63. The second-order valence-corrected chi connectivity index (χ2v) is 8.62. The van der Waals surface area contributed by atoms with E-state index in [9.17, 15) is 5.11 Å². The molecule has 3 aliphatic rings. The summed E-state index contributed by atoms with van der Waals surface area (Å²) >= 11 is 0. The summed E-state index contributed by atoms with van der Waals surface area (Å²) in [5, 5.41) is 11.6. The van der Waals surface area contributed by atoms with E-state index in [1.165, 1.54) is 11.1 Å². The molecule has 0 amide bonds. The topological polar surface area (TPSA) is 44.5 Å². The van der Waals surface area contributed by atoms with Crippen molar-refractivity contribution >= 4 is 0 Å². The van der Waals surface area contributed by atoms with Crippen LogP contribution in [-0.4, -0.2) is 56.7 Å². The first kappa shape index (κ1) is 18.1. The Balaban J connectivity index is 1.39. The summed E-state index contributed by atoms with van der Waals surface area (Å²) in [6.45, 7) is 4.87. The van der Waals surface area contributed by atoms with Crippen LogP contribution in [0.25, 0.3) is 0 Å². The zero-order chi connectivity index (χ0) is 19.1. The Hall–Kier alpha value is -1.95. The van der Waals surface area contributed by atoms with Gasteiger partial charge in [-0.05, 0) is 43.5 Å². The van der Waals surface area contributed by atoms with Gasteiger partial charge in [0, 0.05) is 37.9 Å². The highest BCUT2D eigenvalue weighted by molar-refractivity contribution is 5.45. The second kappa shape index (κ2) is 7.14. The third kappa shape index (κ3) is 2.84. The maximum atomic E-state index is 11.6. The quantitative estimate of drug-likeness (QED) is 0.834. The highest BCUT2D eigenvalue weighted by Crippen LogP contribution is 2.53. The van der Waals surface area contributed by atoms with Gasteiger partial charge >= 0.3 is 0 Å². The number of aliphatic hydroxyl groups is 1. The van der Waals surface area contributed by atoms with E-state index in [0.29, 0.717) is 0 Å². The third-order valence-electron chi connectivity index (χ3n) is 7.20. The van der Waals surface area contributed by atoms with Crippen LogP contribution >= 0.6 is 0 Å². The molecule has 1 spiro atoms. The van der Waals surface area contributed by atoms with Gasteiger partial charge in [0.2, 0.25) is 0 Å². The highest BCUT2D eigenvalue weighted by Gasteiger charge is 2.53. The Morgan fingerprint density at radius 1 is 1.14 bits per heavy atom. The number of hydrogen-bond donors (Lipinski definition) is 1. The molecule has 1 N–H and O–H groups in total. The van der Waals surface area contributed by atoms with Crippen molar-refractivity contribution in [2.45, 2.75) is 43.4 Å². The molecule has 5 rings (SSSR count). The zero-order valence-electron chi connectivity index (χ0n) is 16.7. The number of aromatic nitrogens is 2. The van der Waals surface area contributed by atoms with E-state index in [4.69, 9.17) is 0 Å². The van der Waals surface area contributed by atoms with Crippen molar-refractivity contribution in [2.75, 3.05) is 26.2 Å². The van der Waals surface area contributed by atoms with Gasteiger partial charge in [-0.1, -0.05) is 36.4 Å². The molecule has 1 aromatic heterocycles. The van der Waals surface area contributed by atoms with E-state index in [0.717, 1.165) is 57.8 Å². The lowest BCUT2D eigenvalue weighted by molar-refractivity contribution is -0.0144. The lowest BCUT2D eigenvalue weighted by Crippen LogP contribution is -2.50. The number of aryl methyl sites for hydroxylation is 1. The average molecular weight is 379 g/mol. The van der Waals surface area contributed by atoms with Crippen LogP contribution in [0.5, 0.6) is 0 Å². The Labute approximate surface area is 167 Å². The first-order chi connectivity index (χ1) is 13.7. The SMILES string of the molecule is Cn1ccnc1CN1CCC2(CC1)c1ccccc1[C@@H](N1CC=CCC1)[C@@H]2O. The Bertz CT molecular complexity index is 865. The fourth-order valence-corrected chi connectivity index (χ4v) is 5.57. The smallest absolute Gasteiger partial charge is 0.122 e. The van der Waals surface area contributed by atoms with E-state index in [-0.39, 0.29) is 17.6 Å². The van der Waals surface area contributed by atoms with Crippen LogP contribution in [0.1, 0.15) is 42.3 Å². The summed E-state index contributed by atoms with van der Waals surface area (Å²) in [6.07, 6.45) is 11.2. The van der Waals surface area contributed by atoms with Crippen molar-refractivity contribution in [3.05, 3.63) is 65.8 Å². The Morgan fingerprint density at radius 3 is 2.68 bits per heavy atom. The predicted molar refractivity (Wildman–Crippen MR) is 110 cm³/mol. The van der Waals surface area contributed by atoms with Gasteiger partial charge in [-0.2, -0.15) is 0 Å². The van der Waals surface area contributed by atoms with Crippen LogP contribution in [-0.2, 0) is 19.0 Å². The molecule has 0 saturated carbocycles. The molecule has 5 nitrogen and oxygen atoms in total. The van der Waals surface area contributed by atoms with Crippen molar-refractivity contribution in [3.8, 4) is 0 Å². The van der Waals surface area contributed by atoms with Crippen LogP contribution in [0.15, 0.2) is 48.8 Å². The van der Waals surface area contributed by atoms with Crippen LogP contribution in [0.4, 0.5) is 0 Å². The number of imidazole rings is 1. The van der Waals surface area contributed by atoms with E-state index < -0.39 is 0 Å². The molecule has 5 heteroatoms. The first-order valence-corrected chi connectivity index (χ1v) is 10.5. The normalized spacial score (nSPS) is 27.4. The zero-order valence-corrected chi connectivity index (χ0v) is 16.7. The molecular weight excluding hydrogens is 348 g/mol.